The average Bonchev–Trinajstić information content (AvgIpc) is 2.93. The molecule has 0 spiro atoms. The van der Waals surface area contributed by atoms with Gasteiger partial charge < -0.3 is 21.1 Å². The largest absolute Gasteiger partial charge is 0.495 e. The number of nitrogens with zero attached hydrogens (tertiary/aromatic N) is 3. The number of alkyl halides is 3. The van der Waals surface area contributed by atoms with Gasteiger partial charge in [-0.25, -0.2) is 4.98 Å². The number of hydrogen-bond donors (Lipinski definition) is 3. The van der Waals surface area contributed by atoms with E-state index in [9.17, 15) is 18.0 Å². The van der Waals surface area contributed by atoms with Crippen LogP contribution in [0.5, 0.6) is 5.75 Å². The first-order valence-electron chi connectivity index (χ1n) is 9.11. The molecule has 0 saturated carbocycles. The van der Waals surface area contributed by atoms with Crippen molar-refractivity contribution in [2.45, 2.75) is 20.0 Å². The summed E-state index contributed by atoms with van der Waals surface area (Å²) in [5.74, 6) is -0.496. The maximum Gasteiger partial charge on any atom is 0.419 e. The summed E-state index contributed by atoms with van der Waals surface area (Å²) in [5, 5.41) is 9.94. The van der Waals surface area contributed by atoms with Crippen LogP contribution in [0.3, 0.4) is 0 Å². The highest BCUT2D eigenvalue weighted by Gasteiger charge is 2.35. The Morgan fingerprint density at radius 3 is 2.45 bits per heavy atom. The van der Waals surface area contributed by atoms with Crippen molar-refractivity contribution in [1.82, 2.24) is 14.8 Å². The average molecular weight is 434 g/mol. The predicted molar refractivity (Wildman–Crippen MR) is 110 cm³/mol. The molecule has 0 radical (unpaired) electrons. The standard InChI is InChI=1S/C20H21F3N6O2/c1-10-17(11(2)29(3)28-10)27-16-8-14(13(9-25-16)20(21,22)23)26-18-12(19(24)30)6-5-7-15(18)31-4/h5-9H,1-4H3,(H2,24,30)(H2,25,26,27). The summed E-state index contributed by atoms with van der Waals surface area (Å²) in [4.78, 5) is 15.7. The molecule has 0 atom stereocenters. The van der Waals surface area contributed by atoms with Gasteiger partial charge in [0.15, 0.2) is 0 Å². The SMILES string of the molecule is COc1cccc(C(N)=O)c1Nc1cc(Nc2c(C)nn(C)c2C)ncc1C(F)(F)F. The molecule has 3 rings (SSSR count). The number of halogens is 3. The summed E-state index contributed by atoms with van der Waals surface area (Å²) in [7, 11) is 3.09. The van der Waals surface area contributed by atoms with Crippen molar-refractivity contribution < 1.29 is 22.7 Å². The second kappa shape index (κ2) is 8.17. The number of methoxy groups -OCH3 is 1. The number of nitrogens with two attached hydrogens (primary N) is 1. The number of rotatable bonds is 6. The van der Waals surface area contributed by atoms with Crippen molar-refractivity contribution in [3.63, 3.8) is 0 Å². The fraction of sp³-hybridized carbons (Fsp3) is 0.250. The number of benzene rings is 1. The summed E-state index contributed by atoms with van der Waals surface area (Å²) >= 11 is 0. The van der Waals surface area contributed by atoms with Crippen molar-refractivity contribution in [1.29, 1.82) is 0 Å². The molecule has 2 heterocycles. The fourth-order valence-electron chi connectivity index (χ4n) is 3.11. The molecule has 164 valence electrons. The van der Waals surface area contributed by atoms with Crippen molar-refractivity contribution in [2.75, 3.05) is 17.7 Å². The lowest BCUT2D eigenvalue weighted by Gasteiger charge is -2.19. The zero-order valence-corrected chi connectivity index (χ0v) is 17.3. The number of aromatic nitrogens is 3. The molecule has 0 fully saturated rings. The van der Waals surface area contributed by atoms with E-state index in [1.54, 1.807) is 18.7 Å². The Labute approximate surface area is 176 Å². The van der Waals surface area contributed by atoms with Crippen LogP contribution in [-0.4, -0.2) is 27.8 Å². The van der Waals surface area contributed by atoms with Gasteiger partial charge in [-0.3, -0.25) is 9.48 Å². The van der Waals surface area contributed by atoms with Gasteiger partial charge in [0.25, 0.3) is 5.91 Å². The van der Waals surface area contributed by atoms with Crippen molar-refractivity contribution in [2.24, 2.45) is 12.8 Å². The molecule has 3 aromatic rings. The number of carbonyl (C=O) groups excluding carboxylic acids is 1. The Morgan fingerprint density at radius 1 is 1.19 bits per heavy atom. The van der Waals surface area contributed by atoms with Crippen LogP contribution < -0.4 is 21.1 Å². The normalized spacial score (nSPS) is 11.3. The van der Waals surface area contributed by atoms with Gasteiger partial charge in [-0.2, -0.15) is 18.3 Å². The maximum atomic E-state index is 13.6. The van der Waals surface area contributed by atoms with E-state index >= 15 is 0 Å². The second-order valence-electron chi connectivity index (χ2n) is 6.78. The molecule has 11 heteroatoms. The number of ether oxygens (including phenoxy) is 1. The Bertz CT molecular complexity index is 1140. The number of anilines is 4. The number of amides is 1. The lowest BCUT2D eigenvalue weighted by Crippen LogP contribution is -2.15. The molecule has 1 amide bonds. The third-order valence-corrected chi connectivity index (χ3v) is 4.74. The molecule has 0 bridgehead atoms. The lowest BCUT2D eigenvalue weighted by molar-refractivity contribution is -0.137. The van der Waals surface area contributed by atoms with Gasteiger partial charge in [-0.15, -0.1) is 0 Å². The van der Waals surface area contributed by atoms with E-state index < -0.39 is 17.6 Å². The monoisotopic (exact) mass is 434 g/mol. The Morgan fingerprint density at radius 2 is 1.90 bits per heavy atom. The molecule has 2 aromatic heterocycles. The molecule has 0 aliphatic carbocycles. The fourth-order valence-corrected chi connectivity index (χ4v) is 3.11. The number of hydrogen-bond acceptors (Lipinski definition) is 6. The van der Waals surface area contributed by atoms with Gasteiger partial charge in [-0.05, 0) is 26.0 Å². The van der Waals surface area contributed by atoms with Crippen LogP contribution in [0.25, 0.3) is 0 Å². The molecule has 0 aliphatic rings. The van der Waals surface area contributed by atoms with Crippen LogP contribution in [-0.2, 0) is 13.2 Å². The molecule has 31 heavy (non-hydrogen) atoms. The maximum absolute atomic E-state index is 13.6. The van der Waals surface area contributed by atoms with E-state index in [2.05, 4.69) is 20.7 Å². The Hall–Kier alpha value is -3.76. The highest BCUT2D eigenvalue weighted by atomic mass is 19.4. The molecule has 1 aromatic carbocycles. The summed E-state index contributed by atoms with van der Waals surface area (Å²) in [6.45, 7) is 3.59. The highest BCUT2D eigenvalue weighted by Crippen LogP contribution is 2.40. The van der Waals surface area contributed by atoms with E-state index in [4.69, 9.17) is 10.5 Å². The zero-order chi connectivity index (χ0) is 22.9. The van der Waals surface area contributed by atoms with Gasteiger partial charge in [0.05, 0.1) is 46.7 Å². The number of pyridine rings is 1. The molecule has 0 aliphatic heterocycles. The van der Waals surface area contributed by atoms with E-state index in [1.807, 2.05) is 6.92 Å². The topological polar surface area (TPSA) is 107 Å². The summed E-state index contributed by atoms with van der Waals surface area (Å²) < 4.78 is 47.8. The van der Waals surface area contributed by atoms with Gasteiger partial charge in [-0.1, -0.05) is 6.07 Å². The first kappa shape index (κ1) is 21.9. The molecule has 0 saturated heterocycles. The van der Waals surface area contributed by atoms with Crippen LogP contribution in [0.2, 0.25) is 0 Å². The minimum absolute atomic E-state index is 0.0160. The summed E-state index contributed by atoms with van der Waals surface area (Å²) in [6.07, 6.45) is -3.98. The van der Waals surface area contributed by atoms with E-state index in [1.165, 1.54) is 31.4 Å². The lowest BCUT2D eigenvalue weighted by atomic mass is 10.1. The number of aryl methyl sites for hydroxylation is 2. The number of carbonyl (C=O) groups is 1. The van der Waals surface area contributed by atoms with E-state index in [0.29, 0.717) is 17.6 Å². The quantitative estimate of drug-likeness (QED) is 0.541. The third-order valence-electron chi connectivity index (χ3n) is 4.74. The first-order chi connectivity index (χ1) is 14.5. The zero-order valence-electron chi connectivity index (χ0n) is 17.3. The van der Waals surface area contributed by atoms with Crippen LogP contribution in [0.4, 0.5) is 36.1 Å². The van der Waals surface area contributed by atoms with E-state index in [-0.39, 0.29) is 28.5 Å². The Kier molecular flexibility index (Phi) is 5.78. The van der Waals surface area contributed by atoms with Gasteiger partial charge in [0, 0.05) is 19.3 Å². The predicted octanol–water partition coefficient (Wildman–Crippen LogP) is 4.05. The smallest absolute Gasteiger partial charge is 0.419 e. The van der Waals surface area contributed by atoms with Crippen LogP contribution in [0.15, 0.2) is 30.5 Å². The van der Waals surface area contributed by atoms with Gasteiger partial charge >= 0.3 is 6.18 Å². The highest BCUT2D eigenvalue weighted by molar-refractivity contribution is 6.01. The third kappa shape index (κ3) is 4.39. The number of para-hydroxylation sites is 1. The minimum Gasteiger partial charge on any atom is -0.495 e. The van der Waals surface area contributed by atoms with Crippen molar-refractivity contribution in [3.8, 4) is 5.75 Å². The van der Waals surface area contributed by atoms with E-state index in [0.717, 1.165) is 5.69 Å². The number of primary amides is 1. The molecule has 8 nitrogen and oxygen atoms in total. The second-order valence-corrected chi connectivity index (χ2v) is 6.78. The molecule has 4 N–H and O–H groups in total. The molecular formula is C20H21F3N6O2. The van der Waals surface area contributed by atoms with Crippen molar-refractivity contribution in [3.05, 3.63) is 53.0 Å². The van der Waals surface area contributed by atoms with Crippen LogP contribution in [0, 0.1) is 13.8 Å². The number of nitrogens with one attached hydrogen (secondary N) is 2. The first-order valence-corrected chi connectivity index (χ1v) is 9.11. The summed E-state index contributed by atoms with van der Waals surface area (Å²) in [5.41, 5.74) is 6.15. The van der Waals surface area contributed by atoms with Crippen LogP contribution in [0.1, 0.15) is 27.3 Å². The summed E-state index contributed by atoms with van der Waals surface area (Å²) in [6, 6.07) is 5.61. The molecule has 0 unspecified atom stereocenters. The van der Waals surface area contributed by atoms with Gasteiger partial charge in [0.2, 0.25) is 0 Å². The minimum atomic E-state index is -4.69. The van der Waals surface area contributed by atoms with Gasteiger partial charge in [0.1, 0.15) is 11.6 Å². The Balaban J connectivity index is 2.11. The van der Waals surface area contributed by atoms with Crippen molar-refractivity contribution >= 4 is 28.8 Å². The molecular weight excluding hydrogens is 413 g/mol. The van der Waals surface area contributed by atoms with Crippen LogP contribution >= 0.6 is 0 Å².